The molecule has 0 saturated heterocycles. The van der Waals surface area contributed by atoms with Gasteiger partial charge in [-0.15, -0.1) is 0 Å². The molecule has 0 aliphatic heterocycles. The van der Waals surface area contributed by atoms with Gasteiger partial charge in [0, 0.05) is 11.9 Å². The molecule has 21 heavy (non-hydrogen) atoms. The topological polar surface area (TPSA) is 82.3 Å². The molecule has 2 aromatic rings. The lowest BCUT2D eigenvalue weighted by Crippen LogP contribution is -2.01. The van der Waals surface area contributed by atoms with Crippen LogP contribution in [0.2, 0.25) is 0 Å². The Kier molecular flexibility index (Phi) is 4.18. The molecule has 2 rings (SSSR count). The maximum atomic E-state index is 11.5. The number of aryl methyl sites for hydroxylation is 2. The maximum absolute atomic E-state index is 11.5. The van der Waals surface area contributed by atoms with E-state index in [-0.39, 0.29) is 10.6 Å². The molecule has 0 amide bonds. The number of benzene rings is 1. The van der Waals surface area contributed by atoms with Crippen LogP contribution >= 0.6 is 0 Å². The minimum Gasteiger partial charge on any atom is -0.453 e. The summed E-state index contributed by atoms with van der Waals surface area (Å²) in [4.78, 5) is 4.58. The SMILES string of the molecule is CCc1nc(C)ccc1Oc1ccc(S(C)(=O)=O)cc1N. The standard InChI is InChI=1S/C15H18N2O3S/c1-4-13-15(7-5-10(2)17-13)20-14-8-6-11(9-12(14)16)21(3,18)19/h5-9H,4,16H2,1-3H3. The van der Waals surface area contributed by atoms with Crippen molar-refractivity contribution in [1.82, 2.24) is 4.98 Å². The second kappa shape index (κ2) is 5.73. The maximum Gasteiger partial charge on any atom is 0.175 e. The molecular weight excluding hydrogens is 288 g/mol. The number of sulfone groups is 1. The summed E-state index contributed by atoms with van der Waals surface area (Å²) in [7, 11) is -3.28. The van der Waals surface area contributed by atoms with Gasteiger partial charge in [-0.2, -0.15) is 0 Å². The van der Waals surface area contributed by atoms with Crippen LogP contribution in [-0.4, -0.2) is 19.7 Å². The highest BCUT2D eigenvalue weighted by atomic mass is 32.2. The number of nitrogen functional groups attached to an aromatic ring is 1. The van der Waals surface area contributed by atoms with Gasteiger partial charge in [0.15, 0.2) is 9.84 Å². The van der Waals surface area contributed by atoms with E-state index in [2.05, 4.69) is 4.98 Å². The van der Waals surface area contributed by atoms with Crippen molar-refractivity contribution >= 4 is 15.5 Å². The van der Waals surface area contributed by atoms with Gasteiger partial charge in [0.25, 0.3) is 0 Å². The Morgan fingerprint density at radius 3 is 2.43 bits per heavy atom. The zero-order valence-electron chi connectivity index (χ0n) is 12.3. The van der Waals surface area contributed by atoms with Crippen LogP contribution in [0.4, 0.5) is 5.69 Å². The predicted octanol–water partition coefficient (Wildman–Crippen LogP) is 2.73. The van der Waals surface area contributed by atoms with Crippen molar-refractivity contribution in [3.05, 3.63) is 41.7 Å². The predicted molar refractivity (Wildman–Crippen MR) is 82.4 cm³/mol. The van der Waals surface area contributed by atoms with Crippen LogP contribution in [0.5, 0.6) is 11.5 Å². The lowest BCUT2D eigenvalue weighted by Gasteiger charge is -2.12. The van der Waals surface area contributed by atoms with E-state index >= 15 is 0 Å². The van der Waals surface area contributed by atoms with Crippen molar-refractivity contribution in [2.75, 3.05) is 12.0 Å². The Bertz CT molecular complexity index is 770. The van der Waals surface area contributed by atoms with Gasteiger partial charge < -0.3 is 10.5 Å². The first-order valence-electron chi connectivity index (χ1n) is 6.55. The van der Waals surface area contributed by atoms with Crippen molar-refractivity contribution in [2.24, 2.45) is 0 Å². The Hall–Kier alpha value is -2.08. The van der Waals surface area contributed by atoms with Crippen LogP contribution in [0.25, 0.3) is 0 Å². The number of nitrogens with zero attached hydrogens (tertiary/aromatic N) is 1. The molecule has 0 atom stereocenters. The number of ether oxygens (including phenoxy) is 1. The van der Waals surface area contributed by atoms with Crippen LogP contribution in [0.15, 0.2) is 35.2 Å². The monoisotopic (exact) mass is 306 g/mol. The minimum atomic E-state index is -3.28. The summed E-state index contributed by atoms with van der Waals surface area (Å²) in [6.45, 7) is 3.91. The normalized spacial score (nSPS) is 11.4. The highest BCUT2D eigenvalue weighted by molar-refractivity contribution is 7.90. The van der Waals surface area contributed by atoms with E-state index in [0.717, 1.165) is 24.1 Å². The van der Waals surface area contributed by atoms with Crippen LogP contribution in [0, 0.1) is 6.92 Å². The molecule has 6 heteroatoms. The van der Waals surface area contributed by atoms with E-state index in [0.29, 0.717) is 11.5 Å². The molecular formula is C15H18N2O3S. The molecule has 0 unspecified atom stereocenters. The summed E-state index contributed by atoms with van der Waals surface area (Å²) >= 11 is 0. The lowest BCUT2D eigenvalue weighted by molar-refractivity contribution is 0.474. The van der Waals surface area contributed by atoms with E-state index in [4.69, 9.17) is 10.5 Å². The highest BCUT2D eigenvalue weighted by Crippen LogP contribution is 2.31. The van der Waals surface area contributed by atoms with Gasteiger partial charge in [0.1, 0.15) is 11.5 Å². The van der Waals surface area contributed by atoms with E-state index < -0.39 is 9.84 Å². The third kappa shape index (κ3) is 3.52. The van der Waals surface area contributed by atoms with E-state index in [9.17, 15) is 8.42 Å². The number of nitrogens with two attached hydrogens (primary N) is 1. The summed E-state index contributed by atoms with van der Waals surface area (Å²) in [5.74, 6) is 1.05. The fraction of sp³-hybridized carbons (Fsp3) is 0.267. The first-order chi connectivity index (χ1) is 9.81. The zero-order chi connectivity index (χ0) is 15.6. The summed E-state index contributed by atoms with van der Waals surface area (Å²) in [5.41, 5.74) is 7.91. The number of rotatable bonds is 4. The number of hydrogen-bond donors (Lipinski definition) is 1. The Labute approximate surface area is 124 Å². The molecule has 1 heterocycles. The molecule has 0 aliphatic rings. The first-order valence-corrected chi connectivity index (χ1v) is 8.44. The minimum absolute atomic E-state index is 0.171. The fourth-order valence-electron chi connectivity index (χ4n) is 1.91. The molecule has 5 nitrogen and oxygen atoms in total. The van der Waals surface area contributed by atoms with Crippen LogP contribution in [0.1, 0.15) is 18.3 Å². The Balaban J connectivity index is 2.37. The second-order valence-corrected chi connectivity index (χ2v) is 6.84. The van der Waals surface area contributed by atoms with Gasteiger partial charge in [0.2, 0.25) is 0 Å². The Morgan fingerprint density at radius 2 is 1.86 bits per heavy atom. The molecule has 1 aromatic carbocycles. The van der Waals surface area contributed by atoms with Crippen molar-refractivity contribution in [3.63, 3.8) is 0 Å². The summed E-state index contributed by atoms with van der Waals surface area (Å²) < 4.78 is 28.7. The molecule has 2 N–H and O–H groups in total. The third-order valence-corrected chi connectivity index (χ3v) is 4.15. The summed E-state index contributed by atoms with van der Waals surface area (Å²) in [6.07, 6.45) is 1.87. The van der Waals surface area contributed by atoms with E-state index in [1.807, 2.05) is 26.0 Å². The van der Waals surface area contributed by atoms with E-state index in [1.54, 1.807) is 6.07 Å². The van der Waals surface area contributed by atoms with Gasteiger partial charge in [0.05, 0.1) is 16.3 Å². The van der Waals surface area contributed by atoms with Crippen molar-refractivity contribution in [1.29, 1.82) is 0 Å². The van der Waals surface area contributed by atoms with Crippen molar-refractivity contribution in [3.8, 4) is 11.5 Å². The second-order valence-electron chi connectivity index (χ2n) is 4.82. The van der Waals surface area contributed by atoms with Crippen molar-refractivity contribution in [2.45, 2.75) is 25.2 Å². The van der Waals surface area contributed by atoms with Crippen LogP contribution in [-0.2, 0) is 16.3 Å². The third-order valence-electron chi connectivity index (χ3n) is 3.04. The smallest absolute Gasteiger partial charge is 0.175 e. The Morgan fingerprint density at radius 1 is 1.19 bits per heavy atom. The van der Waals surface area contributed by atoms with Crippen LogP contribution in [0.3, 0.4) is 0 Å². The summed E-state index contributed by atoms with van der Waals surface area (Å²) in [5, 5.41) is 0. The van der Waals surface area contributed by atoms with E-state index in [1.165, 1.54) is 12.1 Å². The molecule has 0 aliphatic carbocycles. The van der Waals surface area contributed by atoms with Crippen LogP contribution < -0.4 is 10.5 Å². The quantitative estimate of drug-likeness (QED) is 0.878. The summed E-state index contributed by atoms with van der Waals surface area (Å²) in [6, 6.07) is 8.14. The van der Waals surface area contributed by atoms with Gasteiger partial charge >= 0.3 is 0 Å². The molecule has 1 aromatic heterocycles. The van der Waals surface area contributed by atoms with Gasteiger partial charge in [-0.05, 0) is 43.7 Å². The van der Waals surface area contributed by atoms with Gasteiger partial charge in [-0.3, -0.25) is 4.98 Å². The fourth-order valence-corrected chi connectivity index (χ4v) is 2.57. The lowest BCUT2D eigenvalue weighted by atomic mass is 10.2. The average Bonchev–Trinajstić information content (AvgIpc) is 2.41. The van der Waals surface area contributed by atoms with Crippen molar-refractivity contribution < 1.29 is 13.2 Å². The molecule has 112 valence electrons. The number of hydrogen-bond acceptors (Lipinski definition) is 5. The first kappa shape index (κ1) is 15.3. The highest BCUT2D eigenvalue weighted by Gasteiger charge is 2.12. The van der Waals surface area contributed by atoms with Gasteiger partial charge in [-0.1, -0.05) is 6.92 Å². The molecule has 0 bridgehead atoms. The molecule has 0 fully saturated rings. The number of anilines is 1. The molecule has 0 radical (unpaired) electrons. The number of pyridine rings is 1. The molecule has 0 saturated carbocycles. The largest absolute Gasteiger partial charge is 0.453 e. The average molecular weight is 306 g/mol. The number of aromatic nitrogens is 1. The zero-order valence-corrected chi connectivity index (χ0v) is 13.1. The van der Waals surface area contributed by atoms with Gasteiger partial charge in [-0.25, -0.2) is 8.42 Å². The molecule has 0 spiro atoms.